The van der Waals surface area contributed by atoms with Gasteiger partial charge in [0.05, 0.1) is 18.2 Å². The highest BCUT2D eigenvalue weighted by atomic mass is 16.1. The van der Waals surface area contributed by atoms with E-state index in [1.807, 2.05) is 18.2 Å². The molecule has 0 saturated carbocycles. The van der Waals surface area contributed by atoms with Gasteiger partial charge in [0.1, 0.15) is 0 Å². The van der Waals surface area contributed by atoms with E-state index in [0.717, 1.165) is 19.4 Å². The third-order valence-electron chi connectivity index (χ3n) is 3.39. The largest absolute Gasteiger partial charge is 0.351 e. The fraction of sp³-hybridized carbons (Fsp3) is 0.429. The molecule has 1 saturated heterocycles. The highest BCUT2D eigenvalue weighted by molar-refractivity contribution is 6.03. The topological polar surface area (TPSA) is 58.1 Å². The summed E-state index contributed by atoms with van der Waals surface area (Å²) in [6.45, 7) is 3.06. The van der Waals surface area contributed by atoms with Gasteiger partial charge in [-0.15, -0.1) is 0 Å². The summed E-state index contributed by atoms with van der Waals surface area (Å²) in [5.41, 5.74) is 6.62. The Morgan fingerprint density at radius 1 is 1.33 bits per heavy atom. The van der Waals surface area contributed by atoms with Crippen LogP contribution in [0, 0.1) is 0 Å². The molecule has 0 unspecified atom stereocenters. The zero-order valence-corrected chi connectivity index (χ0v) is 10.7. The van der Waals surface area contributed by atoms with Crippen molar-refractivity contribution in [2.75, 3.05) is 6.54 Å². The van der Waals surface area contributed by atoms with Gasteiger partial charge >= 0.3 is 11.9 Å². The minimum Gasteiger partial charge on any atom is -0.290 e. The maximum Gasteiger partial charge on any atom is 0.351 e. The molecule has 96 valence electrons. The van der Waals surface area contributed by atoms with Crippen molar-refractivity contribution in [2.24, 2.45) is 5.73 Å². The number of nitrogens with one attached hydrogen (secondary N) is 1. The van der Waals surface area contributed by atoms with Crippen LogP contribution in [0.25, 0.3) is 0 Å². The van der Waals surface area contributed by atoms with Crippen LogP contribution in [-0.2, 0) is 0 Å². The Bertz CT molecular complexity index is 453. The van der Waals surface area contributed by atoms with Gasteiger partial charge < -0.3 is 0 Å². The van der Waals surface area contributed by atoms with Crippen LogP contribution in [-0.4, -0.2) is 29.0 Å². The first-order chi connectivity index (χ1) is 8.68. The first-order valence-corrected chi connectivity index (χ1v) is 6.44. The number of guanidine groups is 1. The lowest BCUT2D eigenvalue weighted by atomic mass is 10.1. The Morgan fingerprint density at radius 2 is 2.06 bits per heavy atom. The van der Waals surface area contributed by atoms with Crippen molar-refractivity contribution in [3.63, 3.8) is 0 Å². The van der Waals surface area contributed by atoms with Gasteiger partial charge in [-0.1, -0.05) is 18.2 Å². The first kappa shape index (κ1) is 12.6. The first-order valence-electron chi connectivity index (χ1n) is 6.44. The standard InChI is InChI=1S/C14H19N3O/c1-11-7-5-6-10-17(11)14(15)16-13(18)12-8-3-2-4-9-12/h2-4,8-9,11H,5-7,10H2,1H3,(H2,15,16,18)/p+1/t11-/m1/s1. The van der Waals surface area contributed by atoms with Crippen molar-refractivity contribution in [3.05, 3.63) is 35.9 Å². The second-order valence-electron chi connectivity index (χ2n) is 4.74. The Labute approximate surface area is 108 Å². The molecule has 1 amide bonds. The molecule has 0 aromatic heterocycles. The summed E-state index contributed by atoms with van der Waals surface area (Å²) in [4.78, 5) is 12.0. The normalized spacial score (nSPS) is 22.4. The van der Waals surface area contributed by atoms with Crippen LogP contribution in [0.4, 0.5) is 0 Å². The van der Waals surface area contributed by atoms with Gasteiger partial charge in [0.15, 0.2) is 0 Å². The molecule has 3 N–H and O–H groups in total. The summed E-state index contributed by atoms with van der Waals surface area (Å²) in [7, 11) is 0. The SMILES string of the molecule is C[C@@H]1CCCC[N+]1=C(N)NC(=O)c1ccccc1. The molecule has 0 bridgehead atoms. The summed E-state index contributed by atoms with van der Waals surface area (Å²) in [5.74, 6) is 0.321. The van der Waals surface area contributed by atoms with Gasteiger partial charge in [-0.3, -0.25) is 15.1 Å². The maximum atomic E-state index is 12.0. The molecule has 1 fully saturated rings. The van der Waals surface area contributed by atoms with Crippen molar-refractivity contribution in [2.45, 2.75) is 32.2 Å². The molecule has 2 rings (SSSR count). The minimum atomic E-state index is -0.147. The lowest BCUT2D eigenvalue weighted by molar-refractivity contribution is -0.574. The molecule has 1 aliphatic rings. The van der Waals surface area contributed by atoms with Gasteiger partial charge in [0, 0.05) is 0 Å². The van der Waals surface area contributed by atoms with E-state index >= 15 is 0 Å². The van der Waals surface area contributed by atoms with Crippen molar-refractivity contribution >= 4 is 11.9 Å². The van der Waals surface area contributed by atoms with E-state index in [0.29, 0.717) is 17.6 Å². The second kappa shape index (κ2) is 5.67. The smallest absolute Gasteiger partial charge is 0.290 e. The molecule has 1 heterocycles. The van der Waals surface area contributed by atoms with E-state index in [1.54, 1.807) is 12.1 Å². The number of carbonyl (C=O) groups excluding carboxylic acids is 1. The van der Waals surface area contributed by atoms with E-state index in [9.17, 15) is 4.79 Å². The summed E-state index contributed by atoms with van der Waals surface area (Å²) >= 11 is 0. The van der Waals surface area contributed by atoms with Crippen LogP contribution in [0.15, 0.2) is 30.3 Å². The Morgan fingerprint density at radius 3 is 2.72 bits per heavy atom. The summed E-state index contributed by atoms with van der Waals surface area (Å²) in [6, 6.07) is 9.53. The third kappa shape index (κ3) is 2.88. The van der Waals surface area contributed by atoms with Crippen LogP contribution in [0.2, 0.25) is 0 Å². The van der Waals surface area contributed by atoms with Crippen molar-refractivity contribution in [1.82, 2.24) is 5.32 Å². The average molecular weight is 246 g/mol. The molecule has 1 atom stereocenters. The third-order valence-corrected chi connectivity index (χ3v) is 3.39. The molecular weight excluding hydrogens is 226 g/mol. The molecule has 0 radical (unpaired) electrons. The quantitative estimate of drug-likeness (QED) is 0.580. The van der Waals surface area contributed by atoms with Crippen LogP contribution in [0.1, 0.15) is 36.5 Å². The highest BCUT2D eigenvalue weighted by Gasteiger charge is 2.21. The predicted octanol–water partition coefficient (Wildman–Crippen LogP) is 1.32. The molecule has 4 nitrogen and oxygen atoms in total. The Hall–Kier alpha value is -1.84. The van der Waals surface area contributed by atoms with E-state index in [1.165, 1.54) is 6.42 Å². The molecule has 0 spiro atoms. The lowest BCUT2D eigenvalue weighted by Gasteiger charge is -2.22. The number of amides is 1. The number of hydrogen-bond acceptors (Lipinski definition) is 1. The van der Waals surface area contributed by atoms with Crippen LogP contribution >= 0.6 is 0 Å². The fourth-order valence-corrected chi connectivity index (χ4v) is 2.31. The number of rotatable bonds is 1. The number of hydrogen-bond donors (Lipinski definition) is 2. The molecule has 1 aromatic rings. The second-order valence-corrected chi connectivity index (χ2v) is 4.74. The highest BCUT2D eigenvalue weighted by Crippen LogP contribution is 2.11. The molecule has 18 heavy (non-hydrogen) atoms. The molecule has 4 heteroatoms. The van der Waals surface area contributed by atoms with E-state index < -0.39 is 0 Å². The number of piperidine rings is 1. The van der Waals surface area contributed by atoms with E-state index in [-0.39, 0.29) is 5.91 Å². The summed E-state index contributed by atoms with van der Waals surface area (Å²) in [6.07, 6.45) is 3.49. The average Bonchev–Trinajstić information content (AvgIpc) is 2.40. The summed E-state index contributed by atoms with van der Waals surface area (Å²) in [5, 5.41) is 2.78. The lowest BCUT2D eigenvalue weighted by Crippen LogP contribution is -2.48. The predicted molar refractivity (Wildman–Crippen MR) is 71.5 cm³/mol. The number of benzene rings is 1. The summed E-state index contributed by atoms with van der Waals surface area (Å²) < 4.78 is 2.07. The minimum absolute atomic E-state index is 0.147. The molecule has 0 aliphatic carbocycles. The van der Waals surface area contributed by atoms with E-state index in [2.05, 4.69) is 16.8 Å². The maximum absolute atomic E-state index is 12.0. The van der Waals surface area contributed by atoms with Crippen LogP contribution in [0.3, 0.4) is 0 Å². The van der Waals surface area contributed by atoms with Crippen LogP contribution < -0.4 is 11.1 Å². The van der Waals surface area contributed by atoms with Gasteiger partial charge in [-0.05, 0) is 38.3 Å². The molecular formula is C14H20N3O+. The number of nitrogens with zero attached hydrogens (tertiary/aromatic N) is 1. The fourth-order valence-electron chi connectivity index (χ4n) is 2.31. The Kier molecular flexibility index (Phi) is 3.97. The molecule has 1 aliphatic heterocycles. The van der Waals surface area contributed by atoms with Crippen LogP contribution in [0.5, 0.6) is 0 Å². The number of nitrogens with two attached hydrogens (primary N) is 1. The zero-order chi connectivity index (χ0) is 13.0. The van der Waals surface area contributed by atoms with Crippen molar-refractivity contribution in [3.8, 4) is 0 Å². The van der Waals surface area contributed by atoms with Crippen molar-refractivity contribution in [1.29, 1.82) is 0 Å². The van der Waals surface area contributed by atoms with Gasteiger partial charge in [0.2, 0.25) is 0 Å². The van der Waals surface area contributed by atoms with Gasteiger partial charge in [0.25, 0.3) is 0 Å². The van der Waals surface area contributed by atoms with E-state index in [4.69, 9.17) is 5.73 Å². The monoisotopic (exact) mass is 246 g/mol. The Balaban J connectivity index is 2.09. The molecule has 1 aromatic carbocycles. The van der Waals surface area contributed by atoms with Gasteiger partial charge in [-0.2, -0.15) is 0 Å². The van der Waals surface area contributed by atoms with Crippen molar-refractivity contribution < 1.29 is 9.37 Å². The zero-order valence-electron chi connectivity index (χ0n) is 10.7. The number of carbonyl (C=O) groups is 1. The van der Waals surface area contributed by atoms with Gasteiger partial charge in [-0.25, -0.2) is 5.32 Å².